The number of aromatic nitrogens is 2. The van der Waals surface area contributed by atoms with E-state index in [9.17, 15) is 8.42 Å². The summed E-state index contributed by atoms with van der Waals surface area (Å²) in [5, 5.41) is 10.7. The van der Waals surface area contributed by atoms with Crippen molar-refractivity contribution in [1.82, 2.24) is 19.8 Å². The first kappa shape index (κ1) is 20.7. The Labute approximate surface area is 177 Å². The molecule has 2 heterocycles. The molecule has 30 heavy (non-hydrogen) atoms. The summed E-state index contributed by atoms with van der Waals surface area (Å²) in [4.78, 5) is 0.324. The maximum Gasteiger partial charge on any atom is 0.243 e. The molecule has 1 aliphatic rings. The van der Waals surface area contributed by atoms with Gasteiger partial charge >= 0.3 is 0 Å². The molecule has 1 aromatic heterocycles. The molecular weight excluding hydrogens is 400 g/mol. The zero-order valence-corrected chi connectivity index (χ0v) is 17.8. The van der Waals surface area contributed by atoms with Gasteiger partial charge in [0.05, 0.1) is 30.0 Å². The van der Waals surface area contributed by atoms with Crippen molar-refractivity contribution in [1.29, 1.82) is 0 Å². The Balaban J connectivity index is 1.37. The van der Waals surface area contributed by atoms with E-state index < -0.39 is 10.0 Å². The van der Waals surface area contributed by atoms with Gasteiger partial charge in [0.1, 0.15) is 0 Å². The Hall–Kier alpha value is -2.52. The number of rotatable bonds is 7. The molecule has 0 amide bonds. The lowest BCUT2D eigenvalue weighted by Gasteiger charge is -2.26. The van der Waals surface area contributed by atoms with E-state index in [1.165, 1.54) is 9.87 Å². The lowest BCUT2D eigenvalue weighted by molar-refractivity contribution is 0.0730. The number of H-pyrrole nitrogens is 1. The Kier molecular flexibility index (Phi) is 6.29. The lowest BCUT2D eigenvalue weighted by Crippen LogP contribution is -2.40. The first-order valence-electron chi connectivity index (χ1n) is 10.0. The monoisotopic (exact) mass is 426 g/mol. The van der Waals surface area contributed by atoms with E-state index in [4.69, 9.17) is 4.74 Å². The average Bonchev–Trinajstić information content (AvgIpc) is 3.23. The van der Waals surface area contributed by atoms with Gasteiger partial charge in [-0.3, -0.25) is 5.10 Å². The van der Waals surface area contributed by atoms with Crippen molar-refractivity contribution in [3.05, 3.63) is 71.4 Å². The molecule has 3 aromatic rings. The number of aromatic amines is 1. The molecule has 7 nitrogen and oxygen atoms in total. The number of hydrogen-bond donors (Lipinski definition) is 2. The fraction of sp³-hybridized carbons (Fsp3) is 0.318. The summed E-state index contributed by atoms with van der Waals surface area (Å²) in [5.74, 6) is 0. The second-order valence-corrected chi connectivity index (χ2v) is 9.34. The van der Waals surface area contributed by atoms with Gasteiger partial charge in [0, 0.05) is 37.3 Å². The van der Waals surface area contributed by atoms with Gasteiger partial charge < -0.3 is 10.1 Å². The first-order chi connectivity index (χ1) is 14.5. The predicted octanol–water partition coefficient (Wildman–Crippen LogP) is 2.70. The van der Waals surface area contributed by atoms with Crippen LogP contribution < -0.4 is 5.32 Å². The zero-order chi connectivity index (χ0) is 21.0. The van der Waals surface area contributed by atoms with Crippen LogP contribution in [-0.2, 0) is 27.8 Å². The fourth-order valence-electron chi connectivity index (χ4n) is 3.55. The van der Waals surface area contributed by atoms with Gasteiger partial charge in [-0.1, -0.05) is 35.9 Å². The molecule has 2 N–H and O–H groups in total. The van der Waals surface area contributed by atoms with Crippen molar-refractivity contribution < 1.29 is 13.2 Å². The predicted molar refractivity (Wildman–Crippen MR) is 115 cm³/mol. The molecule has 0 bridgehead atoms. The third-order valence-corrected chi connectivity index (χ3v) is 7.11. The van der Waals surface area contributed by atoms with E-state index in [1.54, 1.807) is 12.1 Å². The maximum absolute atomic E-state index is 12.7. The first-order valence-corrected chi connectivity index (χ1v) is 11.4. The van der Waals surface area contributed by atoms with Crippen LogP contribution in [0.15, 0.2) is 59.6 Å². The van der Waals surface area contributed by atoms with Gasteiger partial charge in [-0.05, 0) is 30.7 Å². The van der Waals surface area contributed by atoms with Crippen molar-refractivity contribution in [2.75, 3.05) is 26.3 Å². The molecule has 0 radical (unpaired) electrons. The van der Waals surface area contributed by atoms with E-state index >= 15 is 0 Å². The SMILES string of the molecule is Cc1cccc(-c2[nH]ncc2CNCc2ccc(S(=O)(=O)N3CCOCC3)cc2)c1. The van der Waals surface area contributed by atoms with Crippen LogP contribution in [0, 0.1) is 6.92 Å². The quantitative estimate of drug-likeness (QED) is 0.607. The number of morpholine rings is 1. The summed E-state index contributed by atoms with van der Waals surface area (Å²) in [6.45, 7) is 5.06. The summed E-state index contributed by atoms with van der Waals surface area (Å²) in [6.07, 6.45) is 1.84. The lowest BCUT2D eigenvalue weighted by atomic mass is 10.1. The largest absolute Gasteiger partial charge is 0.379 e. The van der Waals surface area contributed by atoms with Crippen LogP contribution >= 0.6 is 0 Å². The molecule has 2 aromatic carbocycles. The number of aryl methyl sites for hydroxylation is 1. The van der Waals surface area contributed by atoms with Crippen molar-refractivity contribution in [2.45, 2.75) is 24.9 Å². The molecule has 0 saturated carbocycles. The Morgan fingerprint density at radius 3 is 2.60 bits per heavy atom. The third-order valence-electron chi connectivity index (χ3n) is 5.20. The molecule has 1 saturated heterocycles. The molecule has 0 atom stereocenters. The number of hydrogen-bond acceptors (Lipinski definition) is 5. The number of ether oxygens (including phenoxy) is 1. The third kappa shape index (κ3) is 4.62. The topological polar surface area (TPSA) is 87.3 Å². The van der Waals surface area contributed by atoms with Gasteiger partial charge in [-0.25, -0.2) is 8.42 Å². The zero-order valence-electron chi connectivity index (χ0n) is 17.0. The summed E-state index contributed by atoms with van der Waals surface area (Å²) >= 11 is 0. The molecular formula is C22H26N4O3S. The van der Waals surface area contributed by atoms with E-state index in [0.29, 0.717) is 44.3 Å². The van der Waals surface area contributed by atoms with Gasteiger partial charge in [-0.2, -0.15) is 9.40 Å². The van der Waals surface area contributed by atoms with Crippen LogP contribution in [0.5, 0.6) is 0 Å². The van der Waals surface area contributed by atoms with Crippen LogP contribution in [0.25, 0.3) is 11.3 Å². The highest BCUT2D eigenvalue weighted by Crippen LogP contribution is 2.22. The highest BCUT2D eigenvalue weighted by Gasteiger charge is 2.26. The standard InChI is InChI=1S/C22H26N4O3S/c1-17-3-2-4-19(13-17)22-20(16-24-25-22)15-23-14-18-5-7-21(8-6-18)30(27,28)26-9-11-29-12-10-26/h2-8,13,16,23H,9-12,14-15H2,1H3,(H,24,25). The molecule has 1 fully saturated rings. The molecule has 4 rings (SSSR count). The second kappa shape index (κ2) is 9.09. The van der Waals surface area contributed by atoms with Crippen LogP contribution in [0.4, 0.5) is 0 Å². The van der Waals surface area contributed by atoms with Gasteiger partial charge in [0.2, 0.25) is 10.0 Å². The number of nitrogens with zero attached hydrogens (tertiary/aromatic N) is 2. The van der Waals surface area contributed by atoms with Gasteiger partial charge in [0.15, 0.2) is 0 Å². The minimum Gasteiger partial charge on any atom is -0.379 e. The summed E-state index contributed by atoms with van der Waals surface area (Å²) in [6, 6.07) is 15.4. The number of sulfonamides is 1. The van der Waals surface area contributed by atoms with E-state index in [2.05, 4.69) is 40.6 Å². The van der Waals surface area contributed by atoms with E-state index in [1.807, 2.05) is 24.4 Å². The normalized spacial score (nSPS) is 15.4. The second-order valence-electron chi connectivity index (χ2n) is 7.40. The average molecular weight is 427 g/mol. The fourth-order valence-corrected chi connectivity index (χ4v) is 4.96. The van der Waals surface area contributed by atoms with Crippen molar-refractivity contribution in [2.24, 2.45) is 0 Å². The summed E-state index contributed by atoms with van der Waals surface area (Å²) < 4.78 is 32.1. The molecule has 158 valence electrons. The van der Waals surface area contributed by atoms with Crippen LogP contribution in [0.3, 0.4) is 0 Å². The molecule has 8 heteroatoms. The highest BCUT2D eigenvalue weighted by atomic mass is 32.2. The van der Waals surface area contributed by atoms with Crippen LogP contribution in [-0.4, -0.2) is 49.2 Å². The van der Waals surface area contributed by atoms with Crippen molar-refractivity contribution >= 4 is 10.0 Å². The molecule has 0 spiro atoms. The smallest absolute Gasteiger partial charge is 0.243 e. The van der Waals surface area contributed by atoms with Crippen molar-refractivity contribution in [3.63, 3.8) is 0 Å². The van der Waals surface area contributed by atoms with Crippen molar-refractivity contribution in [3.8, 4) is 11.3 Å². The Morgan fingerprint density at radius 1 is 1.10 bits per heavy atom. The number of nitrogens with one attached hydrogen (secondary N) is 2. The Bertz CT molecular complexity index is 1090. The minimum atomic E-state index is -3.45. The highest BCUT2D eigenvalue weighted by molar-refractivity contribution is 7.89. The maximum atomic E-state index is 12.7. The summed E-state index contributed by atoms with van der Waals surface area (Å²) in [7, 11) is -3.45. The minimum absolute atomic E-state index is 0.324. The van der Waals surface area contributed by atoms with Crippen LogP contribution in [0.2, 0.25) is 0 Å². The Morgan fingerprint density at radius 2 is 1.87 bits per heavy atom. The van der Waals surface area contributed by atoms with Gasteiger partial charge in [0.25, 0.3) is 0 Å². The molecule has 0 aliphatic carbocycles. The number of benzene rings is 2. The van der Waals surface area contributed by atoms with E-state index in [0.717, 1.165) is 22.4 Å². The summed E-state index contributed by atoms with van der Waals surface area (Å²) in [5.41, 5.74) is 5.44. The van der Waals surface area contributed by atoms with Crippen LogP contribution in [0.1, 0.15) is 16.7 Å². The van der Waals surface area contributed by atoms with Gasteiger partial charge in [-0.15, -0.1) is 0 Å². The molecule has 1 aliphatic heterocycles. The van der Waals surface area contributed by atoms with E-state index in [-0.39, 0.29) is 0 Å². The molecule has 0 unspecified atom stereocenters.